The highest BCUT2D eigenvalue weighted by molar-refractivity contribution is 7.99. The lowest BCUT2D eigenvalue weighted by molar-refractivity contribution is 0.810. The standard InChI is InChI=1S/C20H16N4O2S/c1-12-6-3-4-9-15(12)24-18(25)17-13(2)7-5-8-14(17)22-20(24)27-16-10-11-21-19(26)23-16/h3-11H,1-2H3,(H,21,23,26). The molecule has 0 aliphatic rings. The topological polar surface area (TPSA) is 80.6 Å². The van der Waals surface area contributed by atoms with Crippen LogP contribution >= 0.6 is 11.8 Å². The van der Waals surface area contributed by atoms with E-state index in [1.165, 1.54) is 18.0 Å². The molecule has 0 saturated carbocycles. The van der Waals surface area contributed by atoms with Gasteiger partial charge < -0.3 is 4.98 Å². The summed E-state index contributed by atoms with van der Waals surface area (Å²) in [5.41, 5.74) is 2.65. The molecule has 0 aliphatic carbocycles. The fourth-order valence-corrected chi connectivity index (χ4v) is 3.86. The van der Waals surface area contributed by atoms with Crippen LogP contribution in [0.2, 0.25) is 0 Å². The maximum atomic E-state index is 13.4. The monoisotopic (exact) mass is 376 g/mol. The molecule has 4 aromatic rings. The first-order valence-electron chi connectivity index (χ1n) is 8.36. The molecule has 0 spiro atoms. The summed E-state index contributed by atoms with van der Waals surface area (Å²) in [5, 5.41) is 1.64. The average Bonchev–Trinajstić information content (AvgIpc) is 2.63. The molecule has 134 valence electrons. The van der Waals surface area contributed by atoms with Gasteiger partial charge in [0.25, 0.3) is 5.56 Å². The zero-order valence-electron chi connectivity index (χ0n) is 14.8. The van der Waals surface area contributed by atoms with Gasteiger partial charge >= 0.3 is 5.69 Å². The molecular formula is C20H16N4O2S. The van der Waals surface area contributed by atoms with Crippen molar-refractivity contribution in [2.45, 2.75) is 24.0 Å². The van der Waals surface area contributed by atoms with Gasteiger partial charge in [-0.15, -0.1) is 0 Å². The summed E-state index contributed by atoms with van der Waals surface area (Å²) in [5.74, 6) is 0. The van der Waals surface area contributed by atoms with E-state index in [4.69, 9.17) is 4.98 Å². The Hall–Kier alpha value is -3.19. The van der Waals surface area contributed by atoms with Crippen LogP contribution in [-0.2, 0) is 0 Å². The van der Waals surface area contributed by atoms with Crippen molar-refractivity contribution in [2.75, 3.05) is 0 Å². The lowest BCUT2D eigenvalue weighted by atomic mass is 10.1. The number of aromatic amines is 1. The largest absolute Gasteiger partial charge is 0.345 e. The van der Waals surface area contributed by atoms with E-state index in [0.29, 0.717) is 21.1 Å². The zero-order valence-corrected chi connectivity index (χ0v) is 15.6. The van der Waals surface area contributed by atoms with Gasteiger partial charge in [-0.25, -0.2) is 14.8 Å². The highest BCUT2D eigenvalue weighted by atomic mass is 32.2. The van der Waals surface area contributed by atoms with Crippen molar-refractivity contribution in [1.29, 1.82) is 0 Å². The Kier molecular flexibility index (Phi) is 4.37. The van der Waals surface area contributed by atoms with Crippen molar-refractivity contribution >= 4 is 22.7 Å². The van der Waals surface area contributed by atoms with Gasteiger partial charge in [0.05, 0.1) is 21.6 Å². The first-order valence-corrected chi connectivity index (χ1v) is 9.18. The van der Waals surface area contributed by atoms with Crippen LogP contribution in [0.1, 0.15) is 11.1 Å². The van der Waals surface area contributed by atoms with Crippen LogP contribution in [0.5, 0.6) is 0 Å². The van der Waals surface area contributed by atoms with Gasteiger partial charge in [0.15, 0.2) is 5.16 Å². The van der Waals surface area contributed by atoms with E-state index in [0.717, 1.165) is 16.8 Å². The number of benzene rings is 2. The van der Waals surface area contributed by atoms with Crippen molar-refractivity contribution < 1.29 is 0 Å². The summed E-state index contributed by atoms with van der Waals surface area (Å²) in [6.45, 7) is 3.85. The SMILES string of the molecule is Cc1ccccc1-n1c(Sc2ccnc(=O)[nH]2)nc2cccc(C)c2c1=O. The third-order valence-corrected chi connectivity index (χ3v) is 5.20. The van der Waals surface area contributed by atoms with Gasteiger partial charge in [0.2, 0.25) is 0 Å². The minimum absolute atomic E-state index is 0.133. The van der Waals surface area contributed by atoms with Crippen LogP contribution in [0.25, 0.3) is 16.6 Å². The molecule has 0 amide bonds. The van der Waals surface area contributed by atoms with Crippen LogP contribution in [0, 0.1) is 13.8 Å². The number of hydrogen-bond donors (Lipinski definition) is 1. The average molecular weight is 376 g/mol. The molecule has 27 heavy (non-hydrogen) atoms. The Morgan fingerprint density at radius 1 is 0.963 bits per heavy atom. The second-order valence-corrected chi connectivity index (χ2v) is 7.14. The van der Waals surface area contributed by atoms with Gasteiger partial charge in [0, 0.05) is 6.20 Å². The number of rotatable bonds is 3. The lowest BCUT2D eigenvalue weighted by Gasteiger charge is -2.15. The number of aromatic nitrogens is 4. The van der Waals surface area contributed by atoms with E-state index < -0.39 is 5.69 Å². The molecule has 6 nitrogen and oxygen atoms in total. The molecule has 4 rings (SSSR count). The van der Waals surface area contributed by atoms with Crippen LogP contribution in [0.4, 0.5) is 0 Å². The molecule has 0 radical (unpaired) electrons. The summed E-state index contributed by atoms with van der Waals surface area (Å²) in [6, 6.07) is 14.9. The Balaban J connectivity index is 2.04. The first-order chi connectivity index (χ1) is 13.0. The van der Waals surface area contributed by atoms with Crippen LogP contribution < -0.4 is 11.2 Å². The smallest absolute Gasteiger partial charge is 0.300 e. The van der Waals surface area contributed by atoms with Crippen molar-refractivity contribution in [2.24, 2.45) is 0 Å². The summed E-state index contributed by atoms with van der Waals surface area (Å²) in [4.78, 5) is 36.0. The van der Waals surface area contributed by atoms with E-state index in [1.54, 1.807) is 10.6 Å². The summed E-state index contributed by atoms with van der Waals surface area (Å²) < 4.78 is 1.61. The molecule has 0 atom stereocenters. The van der Waals surface area contributed by atoms with Crippen LogP contribution in [-0.4, -0.2) is 19.5 Å². The number of hydrogen-bond acceptors (Lipinski definition) is 5. The summed E-state index contributed by atoms with van der Waals surface area (Å²) in [6.07, 6.45) is 1.43. The van der Waals surface area contributed by atoms with Gasteiger partial charge in [-0.3, -0.25) is 9.36 Å². The normalized spacial score (nSPS) is 11.0. The van der Waals surface area contributed by atoms with Crippen molar-refractivity contribution in [3.05, 3.63) is 86.7 Å². The second kappa shape index (κ2) is 6.85. The number of fused-ring (bicyclic) bond motifs is 1. The molecule has 1 N–H and O–H groups in total. The van der Waals surface area contributed by atoms with Crippen LogP contribution in [0.3, 0.4) is 0 Å². The number of H-pyrrole nitrogens is 1. The Bertz CT molecular complexity index is 1280. The molecule has 2 aromatic carbocycles. The summed E-state index contributed by atoms with van der Waals surface area (Å²) in [7, 11) is 0. The Labute approximate surface area is 158 Å². The van der Waals surface area contributed by atoms with E-state index in [9.17, 15) is 9.59 Å². The van der Waals surface area contributed by atoms with Crippen molar-refractivity contribution in [3.63, 3.8) is 0 Å². The highest BCUT2D eigenvalue weighted by Gasteiger charge is 2.16. The lowest BCUT2D eigenvalue weighted by Crippen LogP contribution is -2.23. The molecule has 0 bridgehead atoms. The minimum atomic E-state index is -0.443. The van der Waals surface area contributed by atoms with Crippen molar-refractivity contribution in [3.8, 4) is 5.69 Å². The number of nitrogens with one attached hydrogen (secondary N) is 1. The van der Waals surface area contributed by atoms with Gasteiger partial charge in [0.1, 0.15) is 0 Å². The number of nitrogens with zero attached hydrogens (tertiary/aromatic N) is 3. The number of para-hydroxylation sites is 1. The molecule has 7 heteroatoms. The number of aryl methyl sites for hydroxylation is 2. The summed E-state index contributed by atoms with van der Waals surface area (Å²) >= 11 is 1.22. The van der Waals surface area contributed by atoms with Gasteiger partial charge in [-0.05, 0) is 54.9 Å². The first kappa shape index (κ1) is 17.2. The maximum Gasteiger partial charge on any atom is 0.345 e. The maximum absolute atomic E-state index is 13.4. The van der Waals surface area contributed by atoms with E-state index in [1.807, 2.05) is 56.3 Å². The van der Waals surface area contributed by atoms with Gasteiger partial charge in [-0.1, -0.05) is 30.3 Å². The fourth-order valence-electron chi connectivity index (χ4n) is 2.98. The molecule has 2 heterocycles. The van der Waals surface area contributed by atoms with Crippen LogP contribution in [0.15, 0.2) is 74.5 Å². The third-order valence-electron chi connectivity index (χ3n) is 4.28. The van der Waals surface area contributed by atoms with E-state index in [2.05, 4.69) is 9.97 Å². The quantitative estimate of drug-likeness (QED) is 0.439. The molecular weight excluding hydrogens is 360 g/mol. The highest BCUT2D eigenvalue weighted by Crippen LogP contribution is 2.27. The Morgan fingerprint density at radius 2 is 1.74 bits per heavy atom. The fraction of sp³-hybridized carbons (Fsp3) is 0.100. The van der Waals surface area contributed by atoms with E-state index >= 15 is 0 Å². The predicted molar refractivity (Wildman–Crippen MR) is 106 cm³/mol. The van der Waals surface area contributed by atoms with Crippen molar-refractivity contribution in [1.82, 2.24) is 19.5 Å². The molecule has 0 unspecified atom stereocenters. The Morgan fingerprint density at radius 3 is 2.52 bits per heavy atom. The minimum Gasteiger partial charge on any atom is -0.300 e. The molecule has 0 saturated heterocycles. The molecule has 2 aromatic heterocycles. The second-order valence-electron chi connectivity index (χ2n) is 6.13. The third kappa shape index (κ3) is 3.17. The molecule has 0 fully saturated rings. The van der Waals surface area contributed by atoms with Gasteiger partial charge in [-0.2, -0.15) is 0 Å². The zero-order chi connectivity index (χ0) is 19.0. The molecule has 0 aliphatic heterocycles. The van der Waals surface area contributed by atoms with E-state index in [-0.39, 0.29) is 5.56 Å². The predicted octanol–water partition coefficient (Wildman–Crippen LogP) is 3.24.